The van der Waals surface area contributed by atoms with Crippen molar-refractivity contribution < 1.29 is 5.11 Å². The lowest BCUT2D eigenvalue weighted by Crippen LogP contribution is -2.31. The number of aliphatic hydroxyl groups is 1. The average molecular weight is 340 g/mol. The molecule has 0 rings (SSSR count). The molecule has 0 aliphatic carbocycles. The molecule has 0 fully saturated rings. The highest BCUT2D eigenvalue weighted by molar-refractivity contribution is 6.20. The average Bonchev–Trinajstić information content (AvgIpc) is 2.44. The fourth-order valence-corrected chi connectivity index (χ4v) is 3.21. The van der Waals surface area contributed by atoms with Gasteiger partial charge in [0, 0.05) is 17.8 Å². The first-order valence-electron chi connectivity index (χ1n) is 8.54. The van der Waals surface area contributed by atoms with Crippen molar-refractivity contribution in [3.8, 4) is 0 Å². The Balaban J connectivity index is 3.90. The van der Waals surface area contributed by atoms with Gasteiger partial charge in [0.15, 0.2) is 0 Å². The summed E-state index contributed by atoms with van der Waals surface area (Å²) in [5.41, 5.74) is 0. The molecule has 128 valence electrons. The molecule has 2 nitrogen and oxygen atoms in total. The second-order valence-corrected chi connectivity index (χ2v) is 7.36. The lowest BCUT2D eigenvalue weighted by molar-refractivity contribution is 0.148. The lowest BCUT2D eigenvalue weighted by Gasteiger charge is -2.27. The van der Waals surface area contributed by atoms with Crippen molar-refractivity contribution in [3.05, 3.63) is 0 Å². The van der Waals surface area contributed by atoms with Gasteiger partial charge >= 0.3 is 0 Å². The summed E-state index contributed by atoms with van der Waals surface area (Å²) < 4.78 is 0. The van der Waals surface area contributed by atoms with E-state index in [0.29, 0.717) is 18.2 Å². The summed E-state index contributed by atoms with van der Waals surface area (Å²) in [5.74, 6) is 0.612. The van der Waals surface area contributed by atoms with Gasteiger partial charge in [-0.25, -0.2) is 0 Å². The van der Waals surface area contributed by atoms with Crippen LogP contribution in [0.2, 0.25) is 0 Å². The minimum Gasteiger partial charge on any atom is -0.392 e. The molecule has 3 unspecified atom stereocenters. The molecule has 1 N–H and O–H groups in total. The van der Waals surface area contributed by atoms with Crippen molar-refractivity contribution in [2.75, 3.05) is 26.5 Å². The van der Waals surface area contributed by atoms with E-state index < -0.39 is 6.10 Å². The van der Waals surface area contributed by atoms with Crippen LogP contribution in [0.15, 0.2) is 0 Å². The molecule has 0 aromatic rings. The molecule has 0 aromatic heterocycles. The standard InChI is InChI=1S/C17H35Cl2NO/c1-4-5-6-7-8-9-10-11-17(19)15(14-20(2)3)12-16(21)13-18/h15-17,21H,4-14H2,1-3H3. The highest BCUT2D eigenvalue weighted by Crippen LogP contribution is 2.24. The fraction of sp³-hybridized carbons (Fsp3) is 1.00. The van der Waals surface area contributed by atoms with E-state index in [1.54, 1.807) is 0 Å². The Kier molecular flexibility index (Phi) is 14.5. The molecule has 0 aliphatic rings. The molecular weight excluding hydrogens is 305 g/mol. The number of rotatable bonds is 14. The van der Waals surface area contributed by atoms with Gasteiger partial charge in [0.25, 0.3) is 0 Å². The first kappa shape index (κ1) is 21.5. The smallest absolute Gasteiger partial charge is 0.0679 e. The molecule has 21 heavy (non-hydrogen) atoms. The Morgan fingerprint density at radius 3 is 2.10 bits per heavy atom. The van der Waals surface area contributed by atoms with Gasteiger partial charge in [-0.15, -0.1) is 23.2 Å². The fourth-order valence-electron chi connectivity index (χ4n) is 2.75. The van der Waals surface area contributed by atoms with E-state index in [0.717, 1.165) is 13.0 Å². The van der Waals surface area contributed by atoms with E-state index in [1.807, 2.05) is 0 Å². The zero-order chi connectivity index (χ0) is 16.1. The summed E-state index contributed by atoms with van der Waals surface area (Å²) in [5, 5.41) is 9.91. The molecule has 0 amide bonds. The second-order valence-electron chi connectivity index (χ2n) is 6.49. The molecule has 0 saturated carbocycles. The minimum atomic E-state index is -0.438. The van der Waals surface area contributed by atoms with E-state index >= 15 is 0 Å². The molecule has 3 atom stereocenters. The van der Waals surface area contributed by atoms with Crippen LogP contribution in [0.4, 0.5) is 0 Å². The molecule has 0 bridgehead atoms. The number of hydrogen-bond donors (Lipinski definition) is 1. The van der Waals surface area contributed by atoms with Gasteiger partial charge in [0.2, 0.25) is 0 Å². The topological polar surface area (TPSA) is 23.5 Å². The number of nitrogens with zero attached hydrogens (tertiary/aromatic N) is 1. The van der Waals surface area contributed by atoms with Crippen molar-refractivity contribution in [2.24, 2.45) is 5.92 Å². The molecule has 0 aliphatic heterocycles. The van der Waals surface area contributed by atoms with Crippen LogP contribution in [-0.2, 0) is 0 Å². The van der Waals surface area contributed by atoms with Gasteiger partial charge < -0.3 is 10.0 Å². The van der Waals surface area contributed by atoms with Gasteiger partial charge in [-0.1, -0.05) is 51.9 Å². The summed E-state index contributed by atoms with van der Waals surface area (Å²) in [6, 6.07) is 0. The van der Waals surface area contributed by atoms with Crippen LogP contribution in [0.3, 0.4) is 0 Å². The van der Waals surface area contributed by atoms with Crippen molar-refractivity contribution in [1.29, 1.82) is 0 Å². The Morgan fingerprint density at radius 2 is 1.57 bits per heavy atom. The maximum absolute atomic E-state index is 9.77. The van der Waals surface area contributed by atoms with E-state index in [9.17, 15) is 5.11 Å². The number of alkyl halides is 2. The van der Waals surface area contributed by atoms with Crippen LogP contribution in [0.1, 0.15) is 64.7 Å². The van der Waals surface area contributed by atoms with Gasteiger partial charge in [-0.3, -0.25) is 0 Å². The number of unbranched alkanes of at least 4 members (excludes halogenated alkanes) is 6. The number of hydrogen-bond acceptors (Lipinski definition) is 2. The Morgan fingerprint density at radius 1 is 1.00 bits per heavy atom. The number of halogens is 2. The predicted molar refractivity (Wildman–Crippen MR) is 95.6 cm³/mol. The van der Waals surface area contributed by atoms with Crippen LogP contribution in [-0.4, -0.2) is 48.0 Å². The lowest BCUT2D eigenvalue weighted by atomic mass is 9.93. The van der Waals surface area contributed by atoms with Gasteiger partial charge in [-0.2, -0.15) is 0 Å². The van der Waals surface area contributed by atoms with Gasteiger partial charge in [0.1, 0.15) is 0 Å². The predicted octanol–water partition coefficient (Wildman–Crippen LogP) is 4.90. The third kappa shape index (κ3) is 12.7. The van der Waals surface area contributed by atoms with Crippen LogP contribution < -0.4 is 0 Å². The first-order valence-corrected chi connectivity index (χ1v) is 9.51. The van der Waals surface area contributed by atoms with E-state index in [2.05, 4.69) is 25.9 Å². The molecular formula is C17H35Cl2NO. The molecule has 0 spiro atoms. The maximum Gasteiger partial charge on any atom is 0.0679 e. The second kappa shape index (κ2) is 14.1. The third-order valence-corrected chi connectivity index (χ3v) is 4.88. The zero-order valence-electron chi connectivity index (χ0n) is 14.2. The summed E-state index contributed by atoms with van der Waals surface area (Å²) in [6.45, 7) is 3.16. The third-order valence-electron chi connectivity index (χ3n) is 3.95. The molecule has 0 saturated heterocycles. The van der Waals surface area contributed by atoms with E-state index in [-0.39, 0.29) is 5.38 Å². The van der Waals surface area contributed by atoms with Crippen LogP contribution in [0.25, 0.3) is 0 Å². The number of aliphatic hydroxyl groups excluding tert-OH is 1. The minimum absolute atomic E-state index is 0.140. The summed E-state index contributed by atoms with van der Waals surface area (Å²) in [4.78, 5) is 2.14. The molecule has 4 heteroatoms. The van der Waals surface area contributed by atoms with Crippen molar-refractivity contribution >= 4 is 23.2 Å². The molecule has 0 heterocycles. The summed E-state index contributed by atoms with van der Waals surface area (Å²) in [6.07, 6.45) is 10.5. The molecule has 0 aromatic carbocycles. The van der Waals surface area contributed by atoms with Crippen molar-refractivity contribution in [3.63, 3.8) is 0 Å². The van der Waals surface area contributed by atoms with Crippen molar-refractivity contribution in [1.82, 2.24) is 4.90 Å². The van der Waals surface area contributed by atoms with E-state index in [1.165, 1.54) is 44.9 Å². The van der Waals surface area contributed by atoms with Crippen molar-refractivity contribution in [2.45, 2.75) is 76.2 Å². The summed E-state index contributed by atoms with van der Waals surface area (Å²) >= 11 is 12.3. The van der Waals surface area contributed by atoms with Gasteiger partial charge in [-0.05, 0) is 32.9 Å². The summed E-state index contributed by atoms with van der Waals surface area (Å²) in [7, 11) is 4.11. The van der Waals surface area contributed by atoms with Crippen LogP contribution in [0, 0.1) is 5.92 Å². The highest BCUT2D eigenvalue weighted by atomic mass is 35.5. The normalized spacial score (nSPS) is 16.1. The quantitative estimate of drug-likeness (QED) is 0.359. The Labute approximate surface area is 142 Å². The largest absolute Gasteiger partial charge is 0.392 e. The SMILES string of the molecule is CCCCCCCCCC(Cl)C(CC(O)CCl)CN(C)C. The van der Waals surface area contributed by atoms with Crippen LogP contribution in [0.5, 0.6) is 0 Å². The monoisotopic (exact) mass is 339 g/mol. The highest BCUT2D eigenvalue weighted by Gasteiger charge is 2.22. The Hall–Kier alpha value is 0.500. The Bertz CT molecular complexity index is 227. The van der Waals surface area contributed by atoms with Crippen LogP contribution >= 0.6 is 23.2 Å². The first-order chi connectivity index (χ1) is 10.0. The maximum atomic E-state index is 9.77. The van der Waals surface area contributed by atoms with E-state index in [4.69, 9.17) is 23.2 Å². The van der Waals surface area contributed by atoms with Gasteiger partial charge in [0.05, 0.1) is 6.10 Å². The zero-order valence-corrected chi connectivity index (χ0v) is 15.7. The molecule has 0 radical (unpaired) electrons.